The zero-order valence-electron chi connectivity index (χ0n) is 12.1. The van der Waals surface area contributed by atoms with E-state index < -0.39 is 11.6 Å². The maximum atomic E-state index is 13.5. The van der Waals surface area contributed by atoms with Crippen LogP contribution in [0.4, 0.5) is 8.78 Å². The quantitative estimate of drug-likeness (QED) is 0.427. The van der Waals surface area contributed by atoms with Crippen LogP contribution in [0.25, 0.3) is 0 Å². The summed E-state index contributed by atoms with van der Waals surface area (Å²) < 4.78 is 27.0. The van der Waals surface area contributed by atoms with E-state index in [0.29, 0.717) is 19.0 Å². The Morgan fingerprint density at radius 3 is 2.45 bits per heavy atom. The monoisotopic (exact) mass is 437 g/mol. The lowest BCUT2D eigenvalue weighted by atomic mass is 10.1. The molecule has 0 bridgehead atoms. The van der Waals surface area contributed by atoms with Crippen LogP contribution in [0.15, 0.2) is 40.7 Å². The SMILES string of the molecule is CN=C(NCCc1c(F)cccc1F)NCc1cccs1.I. The molecule has 22 heavy (non-hydrogen) atoms. The molecule has 0 saturated heterocycles. The summed E-state index contributed by atoms with van der Waals surface area (Å²) in [5.74, 6) is -0.420. The van der Waals surface area contributed by atoms with E-state index in [-0.39, 0.29) is 36.0 Å². The van der Waals surface area contributed by atoms with Gasteiger partial charge in [-0.15, -0.1) is 35.3 Å². The van der Waals surface area contributed by atoms with Crippen LogP contribution in [0.3, 0.4) is 0 Å². The third-order valence-electron chi connectivity index (χ3n) is 2.96. The predicted molar refractivity (Wildman–Crippen MR) is 98.0 cm³/mol. The van der Waals surface area contributed by atoms with E-state index in [4.69, 9.17) is 0 Å². The van der Waals surface area contributed by atoms with E-state index in [0.717, 1.165) is 0 Å². The highest BCUT2D eigenvalue weighted by Gasteiger charge is 2.08. The molecule has 0 aliphatic heterocycles. The minimum absolute atomic E-state index is 0. The van der Waals surface area contributed by atoms with Gasteiger partial charge in [-0.25, -0.2) is 8.78 Å². The molecule has 0 atom stereocenters. The number of hydrogen-bond donors (Lipinski definition) is 2. The van der Waals surface area contributed by atoms with Gasteiger partial charge in [0.05, 0.1) is 6.54 Å². The zero-order valence-corrected chi connectivity index (χ0v) is 15.3. The number of thiophene rings is 1. The van der Waals surface area contributed by atoms with Gasteiger partial charge in [0.2, 0.25) is 0 Å². The standard InChI is InChI=1S/C15H17F2N3S.HI/c1-18-15(20-10-11-4-3-9-21-11)19-8-7-12-13(16)5-2-6-14(12)17;/h2-6,9H,7-8,10H2,1H3,(H2,18,19,20);1H. The van der Waals surface area contributed by atoms with Gasteiger partial charge in [-0.1, -0.05) is 12.1 Å². The van der Waals surface area contributed by atoms with Gasteiger partial charge in [-0.3, -0.25) is 4.99 Å². The second-order valence-electron chi connectivity index (χ2n) is 4.38. The van der Waals surface area contributed by atoms with Crippen molar-refractivity contribution in [1.29, 1.82) is 0 Å². The lowest BCUT2D eigenvalue weighted by Crippen LogP contribution is -2.37. The van der Waals surface area contributed by atoms with Gasteiger partial charge in [0.1, 0.15) is 11.6 Å². The molecule has 1 aromatic carbocycles. The van der Waals surface area contributed by atoms with Crippen molar-refractivity contribution >= 4 is 41.3 Å². The summed E-state index contributed by atoms with van der Waals surface area (Å²) in [6.07, 6.45) is 0.262. The van der Waals surface area contributed by atoms with Crippen LogP contribution >= 0.6 is 35.3 Å². The van der Waals surface area contributed by atoms with E-state index in [9.17, 15) is 8.78 Å². The minimum Gasteiger partial charge on any atom is -0.356 e. The molecule has 0 amide bonds. The first-order valence-electron chi connectivity index (χ1n) is 6.60. The third kappa shape index (κ3) is 5.53. The van der Waals surface area contributed by atoms with Gasteiger partial charge in [0, 0.05) is 24.0 Å². The Kier molecular flexibility index (Phi) is 8.32. The maximum absolute atomic E-state index is 13.5. The normalized spacial score (nSPS) is 11.0. The number of nitrogens with zero attached hydrogens (tertiary/aromatic N) is 1. The number of rotatable bonds is 5. The maximum Gasteiger partial charge on any atom is 0.191 e. The molecule has 1 heterocycles. The summed E-state index contributed by atoms with van der Waals surface area (Å²) in [4.78, 5) is 5.27. The predicted octanol–water partition coefficient (Wildman–Crippen LogP) is 3.55. The smallest absolute Gasteiger partial charge is 0.191 e. The molecule has 0 aliphatic rings. The first-order chi connectivity index (χ1) is 10.2. The number of hydrogen-bond acceptors (Lipinski definition) is 2. The number of halogens is 3. The Morgan fingerprint density at radius 2 is 1.86 bits per heavy atom. The number of aliphatic imine (C=N–C) groups is 1. The first-order valence-corrected chi connectivity index (χ1v) is 7.48. The molecule has 1 aromatic heterocycles. The molecule has 2 rings (SSSR count). The molecule has 0 saturated carbocycles. The molecule has 2 aromatic rings. The highest BCUT2D eigenvalue weighted by atomic mass is 127. The number of benzene rings is 1. The van der Waals surface area contributed by atoms with Crippen molar-refractivity contribution in [2.45, 2.75) is 13.0 Å². The van der Waals surface area contributed by atoms with Crippen molar-refractivity contribution in [3.05, 3.63) is 57.8 Å². The van der Waals surface area contributed by atoms with E-state index >= 15 is 0 Å². The van der Waals surface area contributed by atoms with Crippen LogP contribution in [0.2, 0.25) is 0 Å². The van der Waals surface area contributed by atoms with Gasteiger partial charge in [0.25, 0.3) is 0 Å². The molecule has 0 radical (unpaired) electrons. The lowest BCUT2D eigenvalue weighted by molar-refractivity contribution is 0.553. The van der Waals surface area contributed by atoms with Gasteiger partial charge in [-0.2, -0.15) is 0 Å². The minimum atomic E-state index is -0.515. The molecular formula is C15H18F2IN3S. The summed E-state index contributed by atoms with van der Waals surface area (Å²) in [5.41, 5.74) is 0.0960. The van der Waals surface area contributed by atoms with Gasteiger partial charge in [0.15, 0.2) is 5.96 Å². The molecule has 2 N–H and O–H groups in total. The Labute approximate surface area is 149 Å². The van der Waals surface area contributed by atoms with E-state index in [1.165, 1.54) is 23.1 Å². The van der Waals surface area contributed by atoms with Gasteiger partial charge in [-0.05, 0) is 30.0 Å². The van der Waals surface area contributed by atoms with Crippen LogP contribution in [0.1, 0.15) is 10.4 Å². The van der Waals surface area contributed by atoms with Gasteiger partial charge < -0.3 is 10.6 Å². The molecule has 0 unspecified atom stereocenters. The van der Waals surface area contributed by atoms with Crippen LogP contribution in [0, 0.1) is 11.6 Å². The molecule has 0 fully saturated rings. The van der Waals surface area contributed by atoms with E-state index in [1.54, 1.807) is 18.4 Å². The Morgan fingerprint density at radius 1 is 1.14 bits per heavy atom. The third-order valence-corrected chi connectivity index (χ3v) is 3.84. The van der Waals surface area contributed by atoms with Crippen molar-refractivity contribution in [3.8, 4) is 0 Å². The van der Waals surface area contributed by atoms with Crippen molar-refractivity contribution in [1.82, 2.24) is 10.6 Å². The fraction of sp³-hybridized carbons (Fsp3) is 0.267. The van der Waals surface area contributed by atoms with Crippen LogP contribution in [-0.4, -0.2) is 19.6 Å². The Balaban J connectivity index is 0.00000242. The largest absolute Gasteiger partial charge is 0.356 e. The van der Waals surface area contributed by atoms with Crippen molar-refractivity contribution in [3.63, 3.8) is 0 Å². The Hall–Kier alpha value is -1.22. The molecular weight excluding hydrogens is 419 g/mol. The second-order valence-corrected chi connectivity index (χ2v) is 5.41. The van der Waals surface area contributed by atoms with Crippen LogP contribution in [0.5, 0.6) is 0 Å². The summed E-state index contributed by atoms with van der Waals surface area (Å²) in [5, 5.41) is 8.20. The molecule has 7 heteroatoms. The van der Waals surface area contributed by atoms with Crippen molar-refractivity contribution < 1.29 is 8.78 Å². The lowest BCUT2D eigenvalue weighted by Gasteiger charge is -2.11. The fourth-order valence-corrected chi connectivity index (χ4v) is 2.53. The summed E-state index contributed by atoms with van der Waals surface area (Å²) in [6.45, 7) is 1.08. The van der Waals surface area contributed by atoms with Crippen molar-refractivity contribution in [2.75, 3.05) is 13.6 Å². The van der Waals surface area contributed by atoms with Gasteiger partial charge >= 0.3 is 0 Å². The average Bonchev–Trinajstić information content (AvgIpc) is 2.98. The highest BCUT2D eigenvalue weighted by molar-refractivity contribution is 14.0. The van der Waals surface area contributed by atoms with E-state index in [1.807, 2.05) is 17.5 Å². The zero-order chi connectivity index (χ0) is 15.1. The van der Waals surface area contributed by atoms with Crippen molar-refractivity contribution in [2.24, 2.45) is 4.99 Å². The molecule has 3 nitrogen and oxygen atoms in total. The molecule has 0 aliphatic carbocycles. The second kappa shape index (κ2) is 9.73. The number of nitrogens with one attached hydrogen (secondary N) is 2. The van der Waals surface area contributed by atoms with E-state index in [2.05, 4.69) is 15.6 Å². The first kappa shape index (κ1) is 18.8. The topological polar surface area (TPSA) is 36.4 Å². The summed E-state index contributed by atoms with van der Waals surface area (Å²) in [7, 11) is 1.66. The summed E-state index contributed by atoms with van der Waals surface area (Å²) in [6, 6.07) is 7.91. The molecule has 120 valence electrons. The summed E-state index contributed by atoms with van der Waals surface area (Å²) >= 11 is 1.66. The highest BCUT2D eigenvalue weighted by Crippen LogP contribution is 2.12. The Bertz CT molecular complexity index is 583. The van der Waals surface area contributed by atoms with Crippen LogP contribution in [-0.2, 0) is 13.0 Å². The average molecular weight is 437 g/mol. The van der Waals surface area contributed by atoms with Crippen LogP contribution < -0.4 is 10.6 Å². The number of guanidine groups is 1. The molecule has 0 spiro atoms. The fourth-order valence-electron chi connectivity index (χ4n) is 1.88.